The number of nitrogens with zero attached hydrogens (tertiary/aromatic N) is 3. The number of amides is 2. The highest BCUT2D eigenvalue weighted by Crippen LogP contribution is 2.23. The number of aromatic nitrogens is 2. The Bertz CT molecular complexity index is 841. The average Bonchev–Trinajstić information content (AvgIpc) is 3.00. The average molecular weight is 368 g/mol. The van der Waals surface area contributed by atoms with Crippen molar-refractivity contribution < 1.29 is 9.59 Å². The predicted molar refractivity (Wildman–Crippen MR) is 104 cm³/mol. The molecule has 1 aliphatic heterocycles. The molecule has 27 heavy (non-hydrogen) atoms. The van der Waals surface area contributed by atoms with Crippen molar-refractivity contribution in [3.05, 3.63) is 52.3 Å². The monoisotopic (exact) mass is 368 g/mol. The number of aryl methyl sites for hydroxylation is 2. The fourth-order valence-electron chi connectivity index (χ4n) is 3.56. The molecule has 2 amide bonds. The quantitative estimate of drug-likeness (QED) is 0.852. The molecule has 6 heteroatoms. The van der Waals surface area contributed by atoms with E-state index in [0.29, 0.717) is 31.7 Å². The van der Waals surface area contributed by atoms with Crippen LogP contribution >= 0.6 is 0 Å². The number of fused-ring (bicyclic) bond motifs is 1. The van der Waals surface area contributed by atoms with Gasteiger partial charge in [-0.15, -0.1) is 0 Å². The van der Waals surface area contributed by atoms with Crippen LogP contribution in [0.2, 0.25) is 0 Å². The van der Waals surface area contributed by atoms with Gasteiger partial charge in [-0.1, -0.05) is 43.2 Å². The van der Waals surface area contributed by atoms with Crippen LogP contribution in [-0.4, -0.2) is 33.0 Å². The molecular formula is C21H28N4O2. The first-order valence-corrected chi connectivity index (χ1v) is 9.65. The molecule has 2 aromatic rings. The van der Waals surface area contributed by atoms with E-state index in [9.17, 15) is 9.59 Å². The zero-order valence-electron chi connectivity index (χ0n) is 16.4. The number of unbranched alkanes of at least 4 members (excludes halogenated alkanes) is 1. The molecule has 3 rings (SSSR count). The van der Waals surface area contributed by atoms with Gasteiger partial charge in [0.15, 0.2) is 5.69 Å². The number of carbonyl (C=O) groups excluding carboxylic acids is 2. The van der Waals surface area contributed by atoms with Gasteiger partial charge in [-0.3, -0.25) is 14.3 Å². The SMILES string of the molecule is CCCCC(=O)N1CCc2c(c(C(=O)NCc3cccc(C)c3)nn2C)C1. The summed E-state index contributed by atoms with van der Waals surface area (Å²) in [6, 6.07) is 8.07. The third kappa shape index (κ3) is 4.38. The van der Waals surface area contributed by atoms with Gasteiger partial charge in [-0.25, -0.2) is 0 Å². The minimum atomic E-state index is -0.184. The van der Waals surface area contributed by atoms with Crippen molar-refractivity contribution in [2.75, 3.05) is 6.54 Å². The second-order valence-electron chi connectivity index (χ2n) is 7.24. The van der Waals surface area contributed by atoms with Gasteiger partial charge in [-0.2, -0.15) is 5.10 Å². The van der Waals surface area contributed by atoms with Crippen molar-refractivity contribution in [3.63, 3.8) is 0 Å². The molecule has 0 radical (unpaired) electrons. The van der Waals surface area contributed by atoms with Crippen LogP contribution in [0.5, 0.6) is 0 Å². The Hall–Kier alpha value is -2.63. The predicted octanol–water partition coefficient (Wildman–Crippen LogP) is 2.73. The number of nitrogens with one attached hydrogen (secondary N) is 1. The van der Waals surface area contributed by atoms with E-state index in [4.69, 9.17) is 0 Å². The molecule has 6 nitrogen and oxygen atoms in total. The Labute approximate surface area is 160 Å². The zero-order chi connectivity index (χ0) is 19.4. The maximum absolute atomic E-state index is 12.7. The molecule has 0 saturated carbocycles. The Morgan fingerprint density at radius 2 is 2.11 bits per heavy atom. The summed E-state index contributed by atoms with van der Waals surface area (Å²) in [4.78, 5) is 27.0. The van der Waals surface area contributed by atoms with Crippen molar-refractivity contribution in [3.8, 4) is 0 Å². The zero-order valence-corrected chi connectivity index (χ0v) is 16.4. The van der Waals surface area contributed by atoms with Crippen molar-refractivity contribution in [2.24, 2.45) is 7.05 Å². The van der Waals surface area contributed by atoms with Crippen molar-refractivity contribution >= 4 is 11.8 Å². The lowest BCUT2D eigenvalue weighted by molar-refractivity contribution is -0.132. The Morgan fingerprint density at radius 1 is 1.30 bits per heavy atom. The molecule has 0 saturated heterocycles. The number of benzene rings is 1. The van der Waals surface area contributed by atoms with E-state index in [1.165, 1.54) is 0 Å². The summed E-state index contributed by atoms with van der Waals surface area (Å²) >= 11 is 0. The first-order chi connectivity index (χ1) is 13.0. The summed E-state index contributed by atoms with van der Waals surface area (Å²) in [6.07, 6.45) is 3.21. The van der Waals surface area contributed by atoms with Gasteiger partial charge in [0.2, 0.25) is 5.91 Å². The first kappa shape index (κ1) is 19.1. The molecule has 0 spiro atoms. The molecule has 2 heterocycles. The fourth-order valence-corrected chi connectivity index (χ4v) is 3.56. The summed E-state index contributed by atoms with van der Waals surface area (Å²) in [5.74, 6) is -0.0197. The highest BCUT2D eigenvalue weighted by Gasteiger charge is 2.28. The van der Waals surface area contributed by atoms with Crippen LogP contribution in [-0.2, 0) is 31.4 Å². The van der Waals surface area contributed by atoms with Gasteiger partial charge in [0, 0.05) is 50.8 Å². The molecule has 0 aliphatic carbocycles. The van der Waals surface area contributed by atoms with Gasteiger partial charge in [-0.05, 0) is 18.9 Å². The Morgan fingerprint density at radius 3 is 2.85 bits per heavy atom. The van der Waals surface area contributed by atoms with Crippen LogP contribution in [0.4, 0.5) is 0 Å². The van der Waals surface area contributed by atoms with Gasteiger partial charge < -0.3 is 10.2 Å². The second kappa shape index (κ2) is 8.37. The smallest absolute Gasteiger partial charge is 0.272 e. The summed E-state index contributed by atoms with van der Waals surface area (Å²) in [5, 5.41) is 7.41. The van der Waals surface area contributed by atoms with Crippen LogP contribution in [0.3, 0.4) is 0 Å². The summed E-state index contributed by atoms with van der Waals surface area (Å²) < 4.78 is 1.78. The number of hydrogen-bond acceptors (Lipinski definition) is 3. The largest absolute Gasteiger partial charge is 0.347 e. The lowest BCUT2D eigenvalue weighted by atomic mass is 10.0. The van der Waals surface area contributed by atoms with Crippen molar-refractivity contribution in [1.82, 2.24) is 20.0 Å². The highest BCUT2D eigenvalue weighted by atomic mass is 16.2. The van der Waals surface area contributed by atoms with Crippen LogP contribution in [0.1, 0.15) is 59.1 Å². The molecule has 1 N–H and O–H groups in total. The minimum absolute atomic E-state index is 0.164. The number of hydrogen-bond donors (Lipinski definition) is 1. The van der Waals surface area contributed by atoms with Crippen LogP contribution in [0.25, 0.3) is 0 Å². The summed E-state index contributed by atoms with van der Waals surface area (Å²) in [6.45, 7) is 5.74. The van der Waals surface area contributed by atoms with Crippen molar-refractivity contribution in [1.29, 1.82) is 0 Å². The van der Waals surface area contributed by atoms with E-state index in [0.717, 1.165) is 41.6 Å². The van der Waals surface area contributed by atoms with Gasteiger partial charge in [0.05, 0.1) is 0 Å². The normalized spacial score (nSPS) is 13.4. The third-order valence-corrected chi connectivity index (χ3v) is 5.09. The highest BCUT2D eigenvalue weighted by molar-refractivity contribution is 5.94. The fraction of sp³-hybridized carbons (Fsp3) is 0.476. The summed E-state index contributed by atoms with van der Waals surface area (Å²) in [5.41, 5.74) is 4.60. The third-order valence-electron chi connectivity index (χ3n) is 5.09. The molecule has 0 unspecified atom stereocenters. The molecule has 144 valence electrons. The lowest BCUT2D eigenvalue weighted by Crippen LogP contribution is -2.37. The van der Waals surface area contributed by atoms with E-state index in [1.807, 2.05) is 37.1 Å². The number of rotatable bonds is 6. The van der Waals surface area contributed by atoms with Crippen LogP contribution in [0.15, 0.2) is 24.3 Å². The summed E-state index contributed by atoms with van der Waals surface area (Å²) in [7, 11) is 1.87. The molecule has 0 bridgehead atoms. The molecule has 1 aromatic carbocycles. The van der Waals surface area contributed by atoms with Gasteiger partial charge in [0.25, 0.3) is 5.91 Å². The van der Waals surface area contributed by atoms with E-state index in [2.05, 4.69) is 23.4 Å². The molecule has 0 atom stereocenters. The maximum Gasteiger partial charge on any atom is 0.272 e. The molecular weight excluding hydrogens is 340 g/mol. The Balaban J connectivity index is 1.72. The Kier molecular flexibility index (Phi) is 5.94. The topological polar surface area (TPSA) is 67.2 Å². The lowest BCUT2D eigenvalue weighted by Gasteiger charge is -2.27. The first-order valence-electron chi connectivity index (χ1n) is 9.65. The van der Waals surface area contributed by atoms with Crippen LogP contribution < -0.4 is 5.32 Å². The maximum atomic E-state index is 12.7. The van der Waals surface area contributed by atoms with E-state index >= 15 is 0 Å². The van der Waals surface area contributed by atoms with E-state index < -0.39 is 0 Å². The standard InChI is InChI=1S/C21H28N4O2/c1-4-5-9-19(26)25-11-10-18-17(14-25)20(23-24(18)3)21(27)22-13-16-8-6-7-15(2)12-16/h6-8,12H,4-5,9-11,13-14H2,1-3H3,(H,22,27). The molecule has 1 aliphatic rings. The van der Waals surface area contributed by atoms with Crippen LogP contribution in [0, 0.1) is 6.92 Å². The molecule has 0 fully saturated rings. The van der Waals surface area contributed by atoms with E-state index in [-0.39, 0.29) is 11.8 Å². The molecule has 1 aromatic heterocycles. The number of carbonyl (C=O) groups is 2. The van der Waals surface area contributed by atoms with Crippen molar-refractivity contribution in [2.45, 2.75) is 52.6 Å². The van der Waals surface area contributed by atoms with Gasteiger partial charge >= 0.3 is 0 Å². The van der Waals surface area contributed by atoms with Gasteiger partial charge in [0.1, 0.15) is 0 Å². The minimum Gasteiger partial charge on any atom is -0.347 e. The van der Waals surface area contributed by atoms with E-state index in [1.54, 1.807) is 4.68 Å². The second-order valence-corrected chi connectivity index (χ2v) is 7.24.